The zero-order valence-corrected chi connectivity index (χ0v) is 13.8. The van der Waals surface area contributed by atoms with Gasteiger partial charge in [0.05, 0.1) is 29.6 Å². The van der Waals surface area contributed by atoms with E-state index in [1.165, 1.54) is 25.4 Å². The average Bonchev–Trinajstić information content (AvgIpc) is 3.10. The molecule has 0 atom stereocenters. The Labute approximate surface area is 147 Å². The van der Waals surface area contributed by atoms with E-state index < -0.39 is 11.6 Å². The summed E-state index contributed by atoms with van der Waals surface area (Å²) in [6, 6.07) is 6.02. The van der Waals surface area contributed by atoms with Crippen molar-refractivity contribution in [3.8, 4) is 28.5 Å². The van der Waals surface area contributed by atoms with Gasteiger partial charge in [0.1, 0.15) is 0 Å². The molecule has 8 heteroatoms. The molecule has 2 N–H and O–H groups in total. The first-order valence-corrected chi connectivity index (χ1v) is 7.94. The molecule has 2 aromatic heterocycles. The number of ether oxygens (including phenoxy) is 1. The SMILES string of the molecule is COc1ccc(-c2nccc(-c3cc4c([nH]3)CCNC4=O)n2)c(F)c1F. The number of carbonyl (C=O) groups is 1. The van der Waals surface area contributed by atoms with E-state index in [-0.39, 0.29) is 23.0 Å². The molecular formula is C18H14F2N4O2. The largest absolute Gasteiger partial charge is 0.494 e. The summed E-state index contributed by atoms with van der Waals surface area (Å²) in [4.78, 5) is 23.4. The number of nitrogens with one attached hydrogen (secondary N) is 2. The second kappa shape index (κ2) is 6.21. The number of nitrogens with zero attached hydrogens (tertiary/aromatic N) is 2. The third-order valence-electron chi connectivity index (χ3n) is 4.24. The minimum Gasteiger partial charge on any atom is -0.494 e. The lowest BCUT2D eigenvalue weighted by atomic mass is 10.1. The van der Waals surface area contributed by atoms with Crippen LogP contribution in [0.4, 0.5) is 8.78 Å². The van der Waals surface area contributed by atoms with Gasteiger partial charge in [0.25, 0.3) is 5.91 Å². The van der Waals surface area contributed by atoms with E-state index in [1.807, 2.05) is 0 Å². The summed E-state index contributed by atoms with van der Waals surface area (Å²) in [7, 11) is 1.26. The van der Waals surface area contributed by atoms with Crippen LogP contribution in [0.25, 0.3) is 22.8 Å². The fourth-order valence-electron chi connectivity index (χ4n) is 2.93. The number of benzene rings is 1. The van der Waals surface area contributed by atoms with E-state index in [0.29, 0.717) is 29.9 Å². The lowest BCUT2D eigenvalue weighted by Crippen LogP contribution is -2.31. The van der Waals surface area contributed by atoms with E-state index in [9.17, 15) is 13.6 Å². The molecule has 0 fully saturated rings. The fourth-order valence-corrected chi connectivity index (χ4v) is 2.93. The predicted molar refractivity (Wildman–Crippen MR) is 89.8 cm³/mol. The molecule has 0 unspecified atom stereocenters. The van der Waals surface area contributed by atoms with Crippen LogP contribution in [-0.2, 0) is 6.42 Å². The van der Waals surface area contributed by atoms with E-state index in [2.05, 4.69) is 20.3 Å². The van der Waals surface area contributed by atoms with Gasteiger partial charge in [-0.15, -0.1) is 0 Å². The Morgan fingerprint density at radius 3 is 2.77 bits per heavy atom. The van der Waals surface area contributed by atoms with Crippen LogP contribution in [0, 0.1) is 11.6 Å². The number of H-pyrrole nitrogens is 1. The predicted octanol–water partition coefficient (Wildman–Crippen LogP) is 2.71. The van der Waals surface area contributed by atoms with Crippen LogP contribution in [0.2, 0.25) is 0 Å². The maximum absolute atomic E-state index is 14.3. The molecule has 0 saturated carbocycles. The van der Waals surface area contributed by atoms with E-state index in [4.69, 9.17) is 4.74 Å². The van der Waals surface area contributed by atoms with Crippen LogP contribution < -0.4 is 10.1 Å². The van der Waals surface area contributed by atoms with Crippen molar-refractivity contribution in [2.45, 2.75) is 6.42 Å². The molecule has 26 heavy (non-hydrogen) atoms. The number of aromatic amines is 1. The number of halogens is 2. The number of rotatable bonds is 3. The topological polar surface area (TPSA) is 79.9 Å². The summed E-state index contributed by atoms with van der Waals surface area (Å²) in [6.45, 7) is 0.567. The Kier molecular flexibility index (Phi) is 3.87. The number of fused-ring (bicyclic) bond motifs is 1. The Hall–Kier alpha value is -3.29. The molecule has 1 aliphatic heterocycles. The van der Waals surface area contributed by atoms with Crippen LogP contribution in [0.1, 0.15) is 16.1 Å². The zero-order valence-electron chi connectivity index (χ0n) is 13.8. The van der Waals surface area contributed by atoms with Gasteiger partial charge in [-0.1, -0.05) is 0 Å². The third kappa shape index (κ3) is 2.59. The molecule has 3 aromatic rings. The molecule has 1 amide bonds. The van der Waals surface area contributed by atoms with Gasteiger partial charge in [0.15, 0.2) is 17.4 Å². The minimum atomic E-state index is -1.09. The molecule has 132 valence electrons. The Morgan fingerprint density at radius 2 is 2.00 bits per heavy atom. The van der Waals surface area contributed by atoms with E-state index >= 15 is 0 Å². The lowest BCUT2D eigenvalue weighted by molar-refractivity contribution is 0.0946. The maximum atomic E-state index is 14.3. The lowest BCUT2D eigenvalue weighted by Gasteiger charge is -2.10. The molecule has 4 rings (SSSR count). The number of carbonyl (C=O) groups excluding carboxylic acids is 1. The van der Waals surface area contributed by atoms with Crippen molar-refractivity contribution in [2.75, 3.05) is 13.7 Å². The summed E-state index contributed by atoms with van der Waals surface area (Å²) in [6.07, 6.45) is 2.15. The van der Waals surface area contributed by atoms with Crippen molar-refractivity contribution in [3.63, 3.8) is 0 Å². The van der Waals surface area contributed by atoms with Crippen molar-refractivity contribution < 1.29 is 18.3 Å². The highest BCUT2D eigenvalue weighted by atomic mass is 19.2. The Morgan fingerprint density at radius 1 is 1.15 bits per heavy atom. The van der Waals surface area contributed by atoms with Gasteiger partial charge in [-0.05, 0) is 24.3 Å². The van der Waals surface area contributed by atoms with Gasteiger partial charge < -0.3 is 15.0 Å². The number of hydrogen-bond donors (Lipinski definition) is 2. The smallest absolute Gasteiger partial charge is 0.253 e. The molecule has 0 aliphatic carbocycles. The first kappa shape index (κ1) is 16.2. The summed E-state index contributed by atoms with van der Waals surface area (Å²) < 4.78 is 33.0. The van der Waals surface area contributed by atoms with Crippen molar-refractivity contribution in [3.05, 3.63) is 53.4 Å². The van der Waals surface area contributed by atoms with Crippen LogP contribution in [0.3, 0.4) is 0 Å². The van der Waals surface area contributed by atoms with Gasteiger partial charge in [-0.25, -0.2) is 14.4 Å². The standard InChI is InChI=1S/C18H14F2N4O2/c1-26-14-3-2-9(15(19)16(14)20)17-21-6-5-12(24-17)13-8-10-11(23-13)4-7-22-18(10)25/h2-3,5-6,8,23H,4,7H2,1H3,(H,22,25). The molecule has 0 spiro atoms. The van der Waals surface area contributed by atoms with E-state index in [0.717, 1.165) is 5.69 Å². The molecule has 0 bridgehead atoms. The summed E-state index contributed by atoms with van der Waals surface area (Å²) >= 11 is 0. The Balaban J connectivity index is 1.77. The van der Waals surface area contributed by atoms with E-state index in [1.54, 1.807) is 12.1 Å². The molecule has 0 saturated heterocycles. The van der Waals surface area contributed by atoms with Crippen LogP contribution in [-0.4, -0.2) is 34.5 Å². The molecule has 1 aromatic carbocycles. The van der Waals surface area contributed by atoms with Gasteiger partial charge in [0.2, 0.25) is 5.82 Å². The number of aromatic nitrogens is 3. The highest BCUT2D eigenvalue weighted by Crippen LogP contribution is 2.29. The second-order valence-corrected chi connectivity index (χ2v) is 5.79. The average molecular weight is 356 g/mol. The molecule has 3 heterocycles. The third-order valence-corrected chi connectivity index (χ3v) is 4.24. The van der Waals surface area contributed by atoms with Gasteiger partial charge in [-0.3, -0.25) is 4.79 Å². The summed E-state index contributed by atoms with van der Waals surface area (Å²) in [5.74, 6) is -2.46. The molecule has 0 radical (unpaired) electrons. The summed E-state index contributed by atoms with van der Waals surface area (Å²) in [5.41, 5.74) is 2.41. The second-order valence-electron chi connectivity index (χ2n) is 5.79. The highest BCUT2D eigenvalue weighted by molar-refractivity contribution is 5.97. The van der Waals surface area contributed by atoms with Crippen molar-refractivity contribution in [1.82, 2.24) is 20.3 Å². The van der Waals surface area contributed by atoms with Gasteiger partial charge >= 0.3 is 0 Å². The zero-order chi connectivity index (χ0) is 18.3. The monoisotopic (exact) mass is 356 g/mol. The van der Waals surface area contributed by atoms with Crippen LogP contribution >= 0.6 is 0 Å². The first-order valence-electron chi connectivity index (χ1n) is 7.94. The van der Waals surface area contributed by atoms with Crippen LogP contribution in [0.5, 0.6) is 5.75 Å². The van der Waals surface area contributed by atoms with Gasteiger partial charge in [-0.2, -0.15) is 4.39 Å². The summed E-state index contributed by atoms with van der Waals surface area (Å²) in [5, 5.41) is 2.77. The first-order chi connectivity index (χ1) is 12.6. The quantitative estimate of drug-likeness (QED) is 0.756. The van der Waals surface area contributed by atoms with Crippen molar-refractivity contribution >= 4 is 5.91 Å². The minimum absolute atomic E-state index is 0.0403. The molecule has 1 aliphatic rings. The normalized spacial score (nSPS) is 13.3. The van der Waals surface area contributed by atoms with Crippen LogP contribution in [0.15, 0.2) is 30.5 Å². The molecule has 6 nitrogen and oxygen atoms in total. The fraction of sp³-hybridized carbons (Fsp3) is 0.167. The number of hydrogen-bond acceptors (Lipinski definition) is 4. The number of methoxy groups -OCH3 is 1. The van der Waals surface area contributed by atoms with Gasteiger partial charge in [0, 0.05) is 24.9 Å². The Bertz CT molecular complexity index is 1020. The van der Waals surface area contributed by atoms with Crippen molar-refractivity contribution in [2.24, 2.45) is 0 Å². The van der Waals surface area contributed by atoms with Crippen molar-refractivity contribution in [1.29, 1.82) is 0 Å². The number of amides is 1. The highest BCUT2D eigenvalue weighted by Gasteiger charge is 2.21. The maximum Gasteiger partial charge on any atom is 0.253 e. The molecular weight excluding hydrogens is 342 g/mol.